The molecule has 0 atom stereocenters. The van der Waals surface area contributed by atoms with Gasteiger partial charge in [0.25, 0.3) is 0 Å². The van der Waals surface area contributed by atoms with Crippen LogP contribution in [0.1, 0.15) is 65.5 Å². The molecule has 0 bridgehead atoms. The van der Waals surface area contributed by atoms with Crippen LogP contribution in [0.3, 0.4) is 0 Å². The zero-order valence-corrected chi connectivity index (χ0v) is 18.2. The minimum atomic E-state index is 0.958. The van der Waals surface area contributed by atoms with Crippen LogP contribution in [0, 0.1) is 6.92 Å². The maximum atomic E-state index is 4.88. The molecule has 0 fully saturated rings. The van der Waals surface area contributed by atoms with Gasteiger partial charge in [-0.2, -0.15) is 0 Å². The van der Waals surface area contributed by atoms with Gasteiger partial charge in [0, 0.05) is 18.0 Å². The fraction of sp³-hybridized carbons (Fsp3) is 0.400. The Bertz CT molecular complexity index is 752. The van der Waals surface area contributed by atoms with Crippen LogP contribution in [0.25, 0.3) is 0 Å². The van der Waals surface area contributed by atoms with E-state index in [1.165, 1.54) is 17.6 Å². The van der Waals surface area contributed by atoms with Crippen LogP contribution < -0.4 is 5.32 Å². The molecule has 0 radical (unpaired) electrons. The van der Waals surface area contributed by atoms with Crippen LogP contribution in [0.5, 0.6) is 0 Å². The van der Waals surface area contributed by atoms with E-state index in [1.807, 2.05) is 6.92 Å². The Labute approximate surface area is 166 Å². The number of hydrogen-bond donors (Lipinski definition) is 1. The molecule has 0 saturated carbocycles. The number of nitrogens with zero attached hydrogens (tertiary/aromatic N) is 1. The monoisotopic (exact) mass is 364 g/mol. The summed E-state index contributed by atoms with van der Waals surface area (Å²) in [6, 6.07) is 8.50. The molecule has 1 aromatic rings. The molecule has 0 unspecified atom stereocenters. The topological polar surface area (TPSA) is 24.4 Å². The fourth-order valence-electron chi connectivity index (χ4n) is 2.76. The maximum absolute atomic E-state index is 4.88. The van der Waals surface area contributed by atoms with Gasteiger partial charge >= 0.3 is 0 Å². The number of aliphatic imine (C=N–C) groups is 1. The lowest BCUT2D eigenvalue weighted by molar-refractivity contribution is 0.717. The maximum Gasteiger partial charge on any atom is 0.0619 e. The van der Waals surface area contributed by atoms with Crippen molar-refractivity contribution in [3.63, 3.8) is 0 Å². The Morgan fingerprint density at radius 3 is 2.26 bits per heavy atom. The van der Waals surface area contributed by atoms with E-state index in [-0.39, 0.29) is 0 Å². The van der Waals surface area contributed by atoms with Gasteiger partial charge in [-0.15, -0.1) is 0 Å². The van der Waals surface area contributed by atoms with Gasteiger partial charge in [-0.05, 0) is 70.7 Å². The first-order valence-corrected chi connectivity index (χ1v) is 9.88. The highest BCUT2D eigenvalue weighted by molar-refractivity contribution is 5.99. The molecule has 27 heavy (non-hydrogen) atoms. The third-order valence-corrected chi connectivity index (χ3v) is 4.53. The summed E-state index contributed by atoms with van der Waals surface area (Å²) in [5.74, 6) is 0. The third-order valence-electron chi connectivity index (χ3n) is 4.53. The predicted molar refractivity (Wildman–Crippen MR) is 121 cm³/mol. The summed E-state index contributed by atoms with van der Waals surface area (Å²) >= 11 is 0. The van der Waals surface area contributed by atoms with Crippen molar-refractivity contribution in [2.45, 2.75) is 61.3 Å². The molecule has 0 aliphatic rings. The molecule has 0 aliphatic heterocycles. The van der Waals surface area contributed by atoms with Gasteiger partial charge in [0.15, 0.2) is 0 Å². The summed E-state index contributed by atoms with van der Waals surface area (Å²) in [7, 11) is 0. The molecule has 1 N–H and O–H groups in total. The van der Waals surface area contributed by atoms with Gasteiger partial charge in [-0.1, -0.05) is 61.4 Å². The van der Waals surface area contributed by atoms with Crippen molar-refractivity contribution >= 4 is 5.71 Å². The van der Waals surface area contributed by atoms with Gasteiger partial charge in [0.05, 0.1) is 5.70 Å². The van der Waals surface area contributed by atoms with Crippen molar-refractivity contribution in [1.82, 2.24) is 5.32 Å². The SMILES string of the molecule is C=C(NCCCC)C(/C=C(C)/C(=C/C)N=C(C)c1ccc(C)cc1)=C(C)C. The minimum absolute atomic E-state index is 0.958. The van der Waals surface area contributed by atoms with E-state index in [0.29, 0.717) is 0 Å². The highest BCUT2D eigenvalue weighted by Crippen LogP contribution is 2.20. The standard InChI is InChI=1S/C25H36N2/c1-9-11-16-26-22(8)24(18(3)4)17-20(6)25(10-2)27-21(7)23-14-12-19(5)13-15-23/h10,12-15,17,26H,8-9,11,16H2,1-7H3/b20-17+,25-10-,27-21?. The van der Waals surface area contributed by atoms with E-state index in [0.717, 1.165) is 46.8 Å². The van der Waals surface area contributed by atoms with Gasteiger partial charge in [-0.3, -0.25) is 4.99 Å². The molecular formula is C25H36N2. The molecule has 146 valence electrons. The number of rotatable bonds is 9. The number of allylic oxidation sites excluding steroid dienone is 4. The van der Waals surface area contributed by atoms with Crippen molar-refractivity contribution in [3.8, 4) is 0 Å². The molecule has 1 rings (SSSR count). The zero-order valence-electron chi connectivity index (χ0n) is 18.2. The second-order valence-electron chi connectivity index (χ2n) is 7.24. The third kappa shape index (κ3) is 7.42. The van der Waals surface area contributed by atoms with Crippen molar-refractivity contribution in [1.29, 1.82) is 0 Å². The molecule has 0 saturated heterocycles. The molecular weight excluding hydrogens is 328 g/mol. The first kappa shape index (κ1) is 22.7. The van der Waals surface area contributed by atoms with E-state index in [2.05, 4.69) is 89.9 Å². The highest BCUT2D eigenvalue weighted by atomic mass is 14.9. The Balaban J connectivity index is 3.08. The summed E-state index contributed by atoms with van der Waals surface area (Å²) in [4.78, 5) is 4.88. The van der Waals surface area contributed by atoms with Crippen LogP contribution in [0.15, 0.2) is 76.1 Å². The lowest BCUT2D eigenvalue weighted by Gasteiger charge is -2.14. The van der Waals surface area contributed by atoms with Gasteiger partial charge in [-0.25, -0.2) is 0 Å². The Morgan fingerprint density at radius 1 is 1.11 bits per heavy atom. The van der Waals surface area contributed by atoms with E-state index in [1.54, 1.807) is 0 Å². The average Bonchev–Trinajstić information content (AvgIpc) is 2.64. The van der Waals surface area contributed by atoms with Crippen molar-refractivity contribution in [2.24, 2.45) is 4.99 Å². The van der Waals surface area contributed by atoms with Crippen LogP contribution in [0.2, 0.25) is 0 Å². The van der Waals surface area contributed by atoms with Crippen molar-refractivity contribution in [3.05, 3.63) is 82.2 Å². The molecule has 2 nitrogen and oxygen atoms in total. The first-order chi connectivity index (χ1) is 12.8. The van der Waals surface area contributed by atoms with Crippen LogP contribution in [-0.4, -0.2) is 12.3 Å². The molecule has 0 aromatic heterocycles. The summed E-state index contributed by atoms with van der Waals surface area (Å²) in [6.07, 6.45) is 6.59. The number of unbranched alkanes of at least 4 members (excludes halogenated alkanes) is 1. The first-order valence-electron chi connectivity index (χ1n) is 9.88. The number of hydrogen-bond acceptors (Lipinski definition) is 2. The molecule has 1 aromatic carbocycles. The molecule has 0 amide bonds. The number of nitrogens with one attached hydrogen (secondary N) is 1. The summed E-state index contributed by atoms with van der Waals surface area (Å²) in [5.41, 5.74) is 8.96. The van der Waals surface area contributed by atoms with E-state index in [4.69, 9.17) is 4.99 Å². The van der Waals surface area contributed by atoms with E-state index < -0.39 is 0 Å². The predicted octanol–water partition coefficient (Wildman–Crippen LogP) is 6.89. The second kappa shape index (κ2) is 11.4. The summed E-state index contributed by atoms with van der Waals surface area (Å²) in [5, 5.41) is 3.45. The lowest BCUT2D eigenvalue weighted by Crippen LogP contribution is -2.15. The highest BCUT2D eigenvalue weighted by Gasteiger charge is 2.06. The Kier molecular flexibility index (Phi) is 9.56. The minimum Gasteiger partial charge on any atom is -0.385 e. The summed E-state index contributed by atoms with van der Waals surface area (Å²) < 4.78 is 0. The molecule has 2 heteroatoms. The van der Waals surface area contributed by atoms with Gasteiger partial charge < -0.3 is 5.32 Å². The van der Waals surface area contributed by atoms with Crippen molar-refractivity contribution < 1.29 is 0 Å². The fourth-order valence-corrected chi connectivity index (χ4v) is 2.76. The summed E-state index contributed by atoms with van der Waals surface area (Å²) in [6.45, 7) is 20.0. The Morgan fingerprint density at radius 2 is 1.74 bits per heavy atom. The second-order valence-corrected chi connectivity index (χ2v) is 7.24. The van der Waals surface area contributed by atoms with Gasteiger partial charge in [0.2, 0.25) is 0 Å². The molecule has 0 aliphatic carbocycles. The van der Waals surface area contributed by atoms with Gasteiger partial charge in [0.1, 0.15) is 0 Å². The Hall–Kier alpha value is -2.35. The van der Waals surface area contributed by atoms with E-state index in [9.17, 15) is 0 Å². The zero-order chi connectivity index (χ0) is 20.4. The quantitative estimate of drug-likeness (QED) is 0.288. The van der Waals surface area contributed by atoms with Crippen LogP contribution >= 0.6 is 0 Å². The van der Waals surface area contributed by atoms with Crippen LogP contribution in [-0.2, 0) is 0 Å². The average molecular weight is 365 g/mol. The molecule has 0 heterocycles. The number of benzene rings is 1. The lowest BCUT2D eigenvalue weighted by atomic mass is 10.0. The largest absolute Gasteiger partial charge is 0.385 e. The smallest absolute Gasteiger partial charge is 0.0619 e. The number of aryl methyl sites for hydroxylation is 1. The van der Waals surface area contributed by atoms with Crippen molar-refractivity contribution in [2.75, 3.05) is 6.54 Å². The van der Waals surface area contributed by atoms with E-state index >= 15 is 0 Å². The van der Waals surface area contributed by atoms with Crippen LogP contribution in [0.4, 0.5) is 0 Å². The molecule has 0 spiro atoms. The normalized spacial score (nSPS) is 12.8.